The van der Waals surface area contributed by atoms with E-state index in [4.69, 9.17) is 26.8 Å². The Morgan fingerprint density at radius 3 is 2.81 bits per heavy atom. The molecule has 0 aromatic heterocycles. The van der Waals surface area contributed by atoms with E-state index in [1.54, 1.807) is 13.2 Å². The van der Waals surface area contributed by atoms with Gasteiger partial charge in [-0.1, -0.05) is 27.5 Å². The Balaban J connectivity index is 2.04. The van der Waals surface area contributed by atoms with Gasteiger partial charge in [0.1, 0.15) is 18.0 Å². The third kappa shape index (κ3) is 2.35. The highest BCUT2D eigenvalue weighted by Crippen LogP contribution is 2.33. The van der Waals surface area contributed by atoms with Crippen molar-refractivity contribution in [2.24, 2.45) is 5.73 Å². The van der Waals surface area contributed by atoms with E-state index in [-0.39, 0.29) is 18.2 Å². The molecule has 1 aromatic rings. The fourth-order valence-electron chi connectivity index (χ4n) is 1.79. The van der Waals surface area contributed by atoms with Gasteiger partial charge in [0.2, 0.25) is 0 Å². The number of halogens is 2. The van der Waals surface area contributed by atoms with Crippen molar-refractivity contribution in [2.45, 2.75) is 24.7 Å². The van der Waals surface area contributed by atoms with Gasteiger partial charge < -0.3 is 15.2 Å². The molecule has 1 aliphatic rings. The van der Waals surface area contributed by atoms with Crippen LogP contribution in [0.5, 0.6) is 5.75 Å². The number of methoxy groups -OCH3 is 1. The van der Waals surface area contributed by atoms with Gasteiger partial charge >= 0.3 is 0 Å². The van der Waals surface area contributed by atoms with Gasteiger partial charge in [0, 0.05) is 24.0 Å². The molecule has 0 radical (unpaired) electrons. The van der Waals surface area contributed by atoms with Crippen molar-refractivity contribution in [3.63, 3.8) is 0 Å². The summed E-state index contributed by atoms with van der Waals surface area (Å²) in [5.41, 5.74) is 5.79. The van der Waals surface area contributed by atoms with Crippen LogP contribution in [0.1, 0.15) is 6.42 Å². The van der Waals surface area contributed by atoms with Crippen molar-refractivity contribution < 1.29 is 9.47 Å². The predicted octanol–water partition coefficient (Wildman–Crippen LogP) is 2.60. The molecule has 0 bridgehead atoms. The van der Waals surface area contributed by atoms with Crippen LogP contribution in [0.4, 0.5) is 0 Å². The lowest BCUT2D eigenvalue weighted by Gasteiger charge is -2.41. The van der Waals surface area contributed by atoms with Gasteiger partial charge in [-0.15, -0.1) is 0 Å². The van der Waals surface area contributed by atoms with Gasteiger partial charge in [-0.25, -0.2) is 0 Å². The maximum absolute atomic E-state index is 6.05. The van der Waals surface area contributed by atoms with Gasteiger partial charge in [-0.2, -0.15) is 0 Å². The molecule has 3 unspecified atom stereocenters. The highest BCUT2D eigenvalue weighted by molar-refractivity contribution is 9.10. The lowest BCUT2D eigenvalue weighted by Crippen LogP contribution is -2.59. The standard InChI is InChI=1S/C11H13BrClNO2/c1-15-11-8(14)5-10(11)16-9-3-2-6(12)4-7(9)13/h2-4,8,10-11H,5,14H2,1H3. The first-order valence-electron chi connectivity index (χ1n) is 5.02. The number of benzene rings is 1. The lowest BCUT2D eigenvalue weighted by molar-refractivity contribution is -0.0781. The van der Waals surface area contributed by atoms with Crippen LogP contribution in [-0.2, 0) is 4.74 Å². The van der Waals surface area contributed by atoms with Gasteiger partial charge in [-0.05, 0) is 18.2 Å². The average Bonchev–Trinajstić information content (AvgIpc) is 2.21. The zero-order chi connectivity index (χ0) is 11.7. The van der Waals surface area contributed by atoms with E-state index in [0.29, 0.717) is 10.8 Å². The van der Waals surface area contributed by atoms with Crippen molar-refractivity contribution in [1.82, 2.24) is 0 Å². The molecule has 88 valence electrons. The summed E-state index contributed by atoms with van der Waals surface area (Å²) in [5.74, 6) is 0.670. The molecular weight excluding hydrogens is 293 g/mol. The Kier molecular flexibility index (Phi) is 3.74. The molecule has 1 aromatic carbocycles. The minimum Gasteiger partial charge on any atom is -0.486 e. The molecular formula is C11H13BrClNO2. The first kappa shape index (κ1) is 12.2. The van der Waals surface area contributed by atoms with Crippen LogP contribution in [-0.4, -0.2) is 25.4 Å². The molecule has 0 amide bonds. The van der Waals surface area contributed by atoms with Crippen molar-refractivity contribution in [1.29, 1.82) is 0 Å². The molecule has 1 aliphatic carbocycles. The van der Waals surface area contributed by atoms with Gasteiger partial charge in [-0.3, -0.25) is 0 Å². The summed E-state index contributed by atoms with van der Waals surface area (Å²) in [6.45, 7) is 0. The first-order chi connectivity index (χ1) is 7.61. The van der Waals surface area contributed by atoms with Crippen LogP contribution in [0.2, 0.25) is 5.02 Å². The number of rotatable bonds is 3. The summed E-state index contributed by atoms with van der Waals surface area (Å²) in [6, 6.07) is 5.59. The summed E-state index contributed by atoms with van der Waals surface area (Å²) in [6.07, 6.45) is 0.753. The maximum Gasteiger partial charge on any atom is 0.138 e. The Morgan fingerprint density at radius 2 is 2.25 bits per heavy atom. The van der Waals surface area contributed by atoms with E-state index in [1.807, 2.05) is 12.1 Å². The topological polar surface area (TPSA) is 44.5 Å². The molecule has 16 heavy (non-hydrogen) atoms. The van der Waals surface area contributed by atoms with Crippen LogP contribution in [0.25, 0.3) is 0 Å². The zero-order valence-corrected chi connectivity index (χ0v) is 11.2. The number of hydrogen-bond donors (Lipinski definition) is 1. The number of ether oxygens (including phenoxy) is 2. The van der Waals surface area contributed by atoms with Crippen molar-refractivity contribution >= 4 is 27.5 Å². The molecule has 3 atom stereocenters. The first-order valence-corrected chi connectivity index (χ1v) is 6.19. The van der Waals surface area contributed by atoms with Crippen LogP contribution in [0.15, 0.2) is 22.7 Å². The van der Waals surface area contributed by atoms with Crippen LogP contribution in [0.3, 0.4) is 0 Å². The predicted molar refractivity (Wildman–Crippen MR) is 67.0 cm³/mol. The lowest BCUT2D eigenvalue weighted by atomic mass is 9.86. The summed E-state index contributed by atoms with van der Waals surface area (Å²) in [7, 11) is 1.64. The largest absolute Gasteiger partial charge is 0.486 e. The van der Waals surface area contributed by atoms with E-state index in [9.17, 15) is 0 Å². The zero-order valence-electron chi connectivity index (χ0n) is 8.82. The molecule has 2 N–H and O–H groups in total. The second-order valence-electron chi connectivity index (χ2n) is 3.83. The van der Waals surface area contributed by atoms with E-state index in [0.717, 1.165) is 10.9 Å². The Bertz CT molecular complexity index is 388. The fourth-order valence-corrected chi connectivity index (χ4v) is 2.51. The number of nitrogens with two attached hydrogens (primary N) is 1. The van der Waals surface area contributed by atoms with Gasteiger partial charge in [0.05, 0.1) is 5.02 Å². The molecule has 0 heterocycles. The number of hydrogen-bond acceptors (Lipinski definition) is 3. The highest BCUT2D eigenvalue weighted by Gasteiger charge is 2.41. The summed E-state index contributed by atoms with van der Waals surface area (Å²) < 4.78 is 11.9. The van der Waals surface area contributed by atoms with Crippen molar-refractivity contribution in [2.75, 3.05) is 7.11 Å². The molecule has 5 heteroatoms. The van der Waals surface area contributed by atoms with Crippen molar-refractivity contribution in [3.8, 4) is 5.75 Å². The summed E-state index contributed by atoms with van der Waals surface area (Å²) >= 11 is 9.40. The normalized spacial score (nSPS) is 28.6. The van der Waals surface area contributed by atoms with Gasteiger partial charge in [0.15, 0.2) is 0 Å². The SMILES string of the molecule is COC1C(N)CC1Oc1ccc(Br)cc1Cl. The second kappa shape index (κ2) is 4.92. The minimum absolute atomic E-state index is 0.00123. The smallest absolute Gasteiger partial charge is 0.138 e. The molecule has 3 nitrogen and oxygen atoms in total. The Hall–Kier alpha value is -0.290. The van der Waals surface area contributed by atoms with Crippen molar-refractivity contribution in [3.05, 3.63) is 27.7 Å². The van der Waals surface area contributed by atoms with Gasteiger partial charge in [0.25, 0.3) is 0 Å². The quantitative estimate of drug-likeness (QED) is 0.933. The van der Waals surface area contributed by atoms with E-state index < -0.39 is 0 Å². The molecule has 2 rings (SSSR count). The summed E-state index contributed by atoms with van der Waals surface area (Å²) in [4.78, 5) is 0. The van der Waals surface area contributed by atoms with Crippen LogP contribution in [0, 0.1) is 0 Å². The molecule has 0 saturated heterocycles. The monoisotopic (exact) mass is 305 g/mol. The Morgan fingerprint density at radius 1 is 1.50 bits per heavy atom. The summed E-state index contributed by atoms with van der Waals surface area (Å²) in [5, 5.41) is 0.588. The Labute approximate surface area is 108 Å². The van der Waals surface area contributed by atoms with E-state index in [1.165, 1.54) is 0 Å². The maximum atomic E-state index is 6.05. The second-order valence-corrected chi connectivity index (χ2v) is 5.15. The van der Waals surface area contributed by atoms with Crippen LogP contribution >= 0.6 is 27.5 Å². The third-order valence-corrected chi connectivity index (χ3v) is 3.53. The molecule has 1 fully saturated rings. The van der Waals surface area contributed by atoms with E-state index in [2.05, 4.69) is 15.9 Å². The molecule has 0 spiro atoms. The average molecular weight is 307 g/mol. The van der Waals surface area contributed by atoms with E-state index >= 15 is 0 Å². The fraction of sp³-hybridized carbons (Fsp3) is 0.455. The highest BCUT2D eigenvalue weighted by atomic mass is 79.9. The molecule has 0 aliphatic heterocycles. The third-order valence-electron chi connectivity index (χ3n) is 2.74. The minimum atomic E-state index is -0.0419. The van der Waals surface area contributed by atoms with Crippen LogP contribution < -0.4 is 10.5 Å². The molecule has 1 saturated carbocycles.